The number of carbonyl (C=O) groups excluding carboxylic acids is 1. The normalized spacial score (nSPS) is 38.7. The summed E-state index contributed by atoms with van der Waals surface area (Å²) in [5.74, 6) is 0. The number of ether oxygens (including phenoxy) is 3. The van der Waals surface area contributed by atoms with Crippen LogP contribution in [-0.4, -0.2) is 35.4 Å². The average molecular weight is 321 g/mol. The minimum atomic E-state index is -0.527. The van der Waals surface area contributed by atoms with Crippen LogP contribution in [0.3, 0.4) is 0 Å². The molecule has 4 nitrogen and oxygen atoms in total. The number of hydrogen-bond donors (Lipinski definition) is 0. The second-order valence-electron chi connectivity index (χ2n) is 5.14. The molecule has 5 heteroatoms. The van der Waals surface area contributed by atoms with Gasteiger partial charge in [0, 0.05) is 11.2 Å². The van der Waals surface area contributed by atoms with Gasteiger partial charge in [-0.2, -0.15) is 0 Å². The Morgan fingerprint density at radius 1 is 1.33 bits per heavy atom. The van der Waals surface area contributed by atoms with E-state index in [0.717, 1.165) is 32.1 Å². The van der Waals surface area contributed by atoms with Gasteiger partial charge in [0.25, 0.3) is 0 Å². The highest BCUT2D eigenvalue weighted by Crippen LogP contribution is 2.30. The molecule has 0 aromatic heterocycles. The molecule has 2 fully saturated rings. The van der Waals surface area contributed by atoms with Gasteiger partial charge in [-0.25, -0.2) is 4.79 Å². The fraction of sp³-hybridized carbons (Fsp3) is 0.923. The molecular weight excluding hydrogens is 300 g/mol. The number of rotatable bonds is 2. The van der Waals surface area contributed by atoms with Crippen molar-refractivity contribution in [2.24, 2.45) is 0 Å². The van der Waals surface area contributed by atoms with Crippen molar-refractivity contribution in [3.05, 3.63) is 0 Å². The van der Waals surface area contributed by atoms with E-state index < -0.39 is 6.16 Å². The molecule has 0 amide bonds. The first-order valence-corrected chi connectivity index (χ1v) is 7.68. The van der Waals surface area contributed by atoms with Gasteiger partial charge in [0.05, 0.1) is 12.2 Å². The highest BCUT2D eigenvalue weighted by molar-refractivity contribution is 9.09. The summed E-state index contributed by atoms with van der Waals surface area (Å²) in [6.07, 6.45) is 4.20. The Morgan fingerprint density at radius 3 is 2.78 bits per heavy atom. The van der Waals surface area contributed by atoms with Gasteiger partial charge in [0.2, 0.25) is 0 Å². The molecule has 5 atom stereocenters. The fourth-order valence-corrected chi connectivity index (χ4v) is 3.06. The molecule has 104 valence electrons. The molecule has 0 saturated carbocycles. The van der Waals surface area contributed by atoms with Crippen LogP contribution in [0.1, 0.15) is 46.0 Å². The summed E-state index contributed by atoms with van der Waals surface area (Å²) in [5.41, 5.74) is 0. The zero-order valence-corrected chi connectivity index (χ0v) is 12.5. The highest BCUT2D eigenvalue weighted by Gasteiger charge is 2.39. The topological polar surface area (TPSA) is 44.8 Å². The van der Waals surface area contributed by atoms with Crippen LogP contribution in [-0.2, 0) is 14.2 Å². The van der Waals surface area contributed by atoms with Gasteiger partial charge in [-0.1, -0.05) is 22.9 Å². The van der Waals surface area contributed by atoms with E-state index in [9.17, 15) is 4.79 Å². The quantitative estimate of drug-likeness (QED) is 0.577. The molecule has 0 aliphatic carbocycles. The maximum Gasteiger partial charge on any atom is 0.509 e. The molecule has 0 aromatic carbocycles. The molecule has 2 aliphatic heterocycles. The SMILES string of the molecule is CCC(Br)C1CCCC2OC(=O)OC2CC(C)O1. The molecule has 2 heterocycles. The van der Waals surface area contributed by atoms with Crippen LogP contribution in [0.15, 0.2) is 0 Å². The molecule has 18 heavy (non-hydrogen) atoms. The molecule has 2 rings (SSSR count). The van der Waals surface area contributed by atoms with Crippen molar-refractivity contribution < 1.29 is 19.0 Å². The maximum atomic E-state index is 11.2. The first-order chi connectivity index (χ1) is 8.60. The van der Waals surface area contributed by atoms with E-state index in [-0.39, 0.29) is 24.4 Å². The first kappa shape index (κ1) is 14.1. The number of fused-ring (bicyclic) bond motifs is 1. The summed E-state index contributed by atoms with van der Waals surface area (Å²) in [7, 11) is 0. The zero-order chi connectivity index (χ0) is 13.1. The van der Waals surface area contributed by atoms with Crippen molar-refractivity contribution in [2.45, 2.75) is 75.2 Å². The maximum absolute atomic E-state index is 11.2. The summed E-state index contributed by atoms with van der Waals surface area (Å²) in [6, 6.07) is 0. The first-order valence-electron chi connectivity index (χ1n) is 6.77. The molecular formula is C13H21BrO4. The van der Waals surface area contributed by atoms with Crippen LogP contribution in [0.2, 0.25) is 0 Å². The van der Waals surface area contributed by atoms with E-state index in [4.69, 9.17) is 14.2 Å². The Bertz CT molecular complexity index is 297. The lowest BCUT2D eigenvalue weighted by atomic mass is 10.0. The summed E-state index contributed by atoms with van der Waals surface area (Å²) in [6.45, 7) is 4.19. The predicted octanol–water partition coefficient (Wildman–Crippen LogP) is 3.41. The number of alkyl halides is 1. The number of hydrogen-bond acceptors (Lipinski definition) is 4. The second-order valence-corrected chi connectivity index (χ2v) is 6.31. The van der Waals surface area contributed by atoms with E-state index in [1.165, 1.54) is 0 Å². The predicted molar refractivity (Wildman–Crippen MR) is 71.0 cm³/mol. The van der Waals surface area contributed by atoms with Crippen molar-refractivity contribution in [1.29, 1.82) is 0 Å². The Kier molecular flexibility index (Phi) is 4.90. The second kappa shape index (κ2) is 6.24. The van der Waals surface area contributed by atoms with Crippen molar-refractivity contribution in [3.8, 4) is 0 Å². The molecule has 2 saturated heterocycles. The fourth-order valence-electron chi connectivity index (χ4n) is 2.67. The molecule has 0 aromatic rings. The molecule has 0 N–H and O–H groups in total. The standard InChI is InChI=1S/C13H21BrO4/c1-3-9(14)10-5-4-6-11-12(7-8(2)16-10)18-13(15)17-11/h8-12H,3-7H2,1-2H3. The van der Waals surface area contributed by atoms with Crippen LogP contribution in [0.5, 0.6) is 0 Å². The molecule has 2 aliphatic rings. The average Bonchev–Trinajstić information content (AvgIpc) is 2.68. The van der Waals surface area contributed by atoms with Crippen LogP contribution >= 0.6 is 15.9 Å². The minimum Gasteiger partial charge on any atom is -0.427 e. The van der Waals surface area contributed by atoms with E-state index in [2.05, 4.69) is 22.9 Å². The van der Waals surface area contributed by atoms with E-state index >= 15 is 0 Å². The van der Waals surface area contributed by atoms with E-state index in [0.29, 0.717) is 4.83 Å². The Hall–Kier alpha value is -0.290. The number of halogens is 1. The van der Waals surface area contributed by atoms with E-state index in [1.54, 1.807) is 0 Å². The van der Waals surface area contributed by atoms with Gasteiger partial charge in [0.1, 0.15) is 12.2 Å². The highest BCUT2D eigenvalue weighted by atomic mass is 79.9. The van der Waals surface area contributed by atoms with Gasteiger partial charge < -0.3 is 14.2 Å². The summed E-state index contributed by atoms with van der Waals surface area (Å²) < 4.78 is 16.5. The molecule has 5 unspecified atom stereocenters. The van der Waals surface area contributed by atoms with Crippen LogP contribution in [0.4, 0.5) is 4.79 Å². The molecule has 0 spiro atoms. The van der Waals surface area contributed by atoms with Crippen LogP contribution in [0, 0.1) is 0 Å². The Balaban J connectivity index is 1.99. The van der Waals surface area contributed by atoms with Gasteiger partial charge in [0.15, 0.2) is 0 Å². The largest absolute Gasteiger partial charge is 0.509 e. The van der Waals surface area contributed by atoms with Crippen LogP contribution < -0.4 is 0 Å². The van der Waals surface area contributed by atoms with Crippen molar-refractivity contribution in [3.63, 3.8) is 0 Å². The van der Waals surface area contributed by atoms with Gasteiger partial charge >= 0.3 is 6.16 Å². The van der Waals surface area contributed by atoms with Crippen molar-refractivity contribution in [1.82, 2.24) is 0 Å². The Morgan fingerprint density at radius 2 is 2.06 bits per heavy atom. The third kappa shape index (κ3) is 3.38. The third-order valence-corrected chi connectivity index (χ3v) is 4.89. The van der Waals surface area contributed by atoms with Crippen LogP contribution in [0.25, 0.3) is 0 Å². The number of carbonyl (C=O) groups is 1. The van der Waals surface area contributed by atoms with Gasteiger partial charge in [-0.3, -0.25) is 0 Å². The van der Waals surface area contributed by atoms with Gasteiger partial charge in [-0.05, 0) is 32.6 Å². The lowest BCUT2D eigenvalue weighted by molar-refractivity contribution is -0.0245. The van der Waals surface area contributed by atoms with Crippen molar-refractivity contribution in [2.75, 3.05) is 0 Å². The summed E-state index contributed by atoms with van der Waals surface area (Å²) >= 11 is 3.68. The van der Waals surface area contributed by atoms with Gasteiger partial charge in [-0.15, -0.1) is 0 Å². The van der Waals surface area contributed by atoms with E-state index in [1.807, 2.05) is 6.92 Å². The monoisotopic (exact) mass is 320 g/mol. The third-order valence-electron chi connectivity index (χ3n) is 3.65. The lowest BCUT2D eigenvalue weighted by Crippen LogP contribution is -2.30. The van der Waals surface area contributed by atoms with Crippen molar-refractivity contribution >= 4 is 22.1 Å². The zero-order valence-electron chi connectivity index (χ0n) is 10.9. The Labute approximate surface area is 116 Å². The molecule has 0 bridgehead atoms. The summed E-state index contributed by atoms with van der Waals surface area (Å²) in [4.78, 5) is 11.5. The smallest absolute Gasteiger partial charge is 0.427 e. The summed E-state index contributed by atoms with van der Waals surface area (Å²) in [5, 5.41) is 0. The molecule has 0 radical (unpaired) electrons. The minimum absolute atomic E-state index is 0.0849. The lowest BCUT2D eigenvalue weighted by Gasteiger charge is -2.25.